The van der Waals surface area contributed by atoms with Crippen molar-refractivity contribution in [1.82, 2.24) is 9.78 Å². The van der Waals surface area contributed by atoms with Crippen LogP contribution in [0, 0.1) is 17.1 Å². The fraction of sp³-hybridized carbons (Fsp3) is 0.111. The zero-order valence-electron chi connectivity index (χ0n) is 12.3. The van der Waals surface area contributed by atoms with Gasteiger partial charge in [0.15, 0.2) is 0 Å². The molecule has 112 valence electrons. The summed E-state index contributed by atoms with van der Waals surface area (Å²) in [7, 11) is 0. The summed E-state index contributed by atoms with van der Waals surface area (Å²) in [6, 6.07) is 16.1. The van der Waals surface area contributed by atoms with Crippen LogP contribution in [-0.4, -0.2) is 16.3 Å². The number of benzene rings is 2. The van der Waals surface area contributed by atoms with E-state index in [0.29, 0.717) is 22.5 Å². The smallest absolute Gasteiger partial charge is 0.133 e. The van der Waals surface area contributed by atoms with Crippen molar-refractivity contribution in [2.45, 2.75) is 6.42 Å². The molecule has 2 aromatic carbocycles. The average Bonchev–Trinajstić information content (AvgIpc) is 3.18. The predicted octanol–water partition coefficient (Wildman–Crippen LogP) is 3.52. The Kier molecular flexibility index (Phi) is 3.09. The van der Waals surface area contributed by atoms with Crippen LogP contribution in [0.1, 0.15) is 11.1 Å². The van der Waals surface area contributed by atoms with Crippen LogP contribution in [0.2, 0.25) is 0 Å². The van der Waals surface area contributed by atoms with Gasteiger partial charge in [-0.15, -0.1) is 0 Å². The van der Waals surface area contributed by atoms with Crippen LogP contribution < -0.4 is 5.32 Å². The number of nitrogens with one attached hydrogen (secondary N) is 1. The van der Waals surface area contributed by atoms with Crippen molar-refractivity contribution < 1.29 is 4.39 Å². The number of aromatic nitrogens is 2. The van der Waals surface area contributed by atoms with E-state index >= 15 is 0 Å². The average molecular weight is 304 g/mol. The number of hydrogen-bond donors (Lipinski definition) is 1. The normalized spacial score (nSPS) is 12.5. The van der Waals surface area contributed by atoms with Crippen LogP contribution >= 0.6 is 0 Å². The van der Waals surface area contributed by atoms with Gasteiger partial charge in [0.2, 0.25) is 0 Å². The van der Waals surface area contributed by atoms with E-state index in [0.717, 1.165) is 24.3 Å². The molecule has 0 fully saturated rings. The van der Waals surface area contributed by atoms with Crippen molar-refractivity contribution in [1.29, 1.82) is 5.26 Å². The van der Waals surface area contributed by atoms with E-state index < -0.39 is 0 Å². The standard InChI is InChI=1S/C18H13FN4/c19-15-7-3-2-6-13(15)17-14-9-10-21-18(14)23(22-17)16-8-4-1-5-12(16)11-20/h1-8,21H,9-10H2. The highest BCUT2D eigenvalue weighted by Crippen LogP contribution is 2.35. The number of halogens is 1. The molecule has 1 aliphatic heterocycles. The summed E-state index contributed by atoms with van der Waals surface area (Å²) >= 11 is 0. The molecule has 1 aliphatic rings. The zero-order chi connectivity index (χ0) is 15.8. The summed E-state index contributed by atoms with van der Waals surface area (Å²) in [6.07, 6.45) is 0.785. The number of rotatable bonds is 2. The van der Waals surface area contributed by atoms with E-state index in [1.54, 1.807) is 28.9 Å². The minimum Gasteiger partial charge on any atom is -0.369 e. The van der Waals surface area contributed by atoms with Crippen LogP contribution in [0.5, 0.6) is 0 Å². The highest BCUT2D eigenvalue weighted by molar-refractivity contribution is 5.73. The van der Waals surface area contributed by atoms with Crippen molar-refractivity contribution >= 4 is 5.82 Å². The molecule has 23 heavy (non-hydrogen) atoms. The van der Waals surface area contributed by atoms with E-state index in [2.05, 4.69) is 16.5 Å². The van der Waals surface area contributed by atoms with Crippen molar-refractivity contribution in [3.8, 4) is 23.0 Å². The molecule has 0 saturated heterocycles. The number of para-hydroxylation sites is 1. The van der Waals surface area contributed by atoms with E-state index in [1.165, 1.54) is 6.07 Å². The number of nitrogens with zero attached hydrogens (tertiary/aromatic N) is 3. The van der Waals surface area contributed by atoms with E-state index in [-0.39, 0.29) is 5.82 Å². The van der Waals surface area contributed by atoms with Crippen LogP contribution in [0.4, 0.5) is 10.2 Å². The van der Waals surface area contributed by atoms with Gasteiger partial charge < -0.3 is 5.32 Å². The third kappa shape index (κ3) is 2.08. The molecular weight excluding hydrogens is 291 g/mol. The van der Waals surface area contributed by atoms with E-state index in [1.807, 2.05) is 18.2 Å². The Morgan fingerprint density at radius 1 is 1.13 bits per heavy atom. The summed E-state index contributed by atoms with van der Waals surface area (Å²) in [5.41, 5.74) is 3.34. The van der Waals surface area contributed by atoms with Crippen LogP contribution in [-0.2, 0) is 6.42 Å². The van der Waals surface area contributed by atoms with Gasteiger partial charge in [0.25, 0.3) is 0 Å². The number of anilines is 1. The van der Waals surface area contributed by atoms with Crippen molar-refractivity contribution in [2.24, 2.45) is 0 Å². The Balaban J connectivity index is 1.96. The monoisotopic (exact) mass is 304 g/mol. The zero-order valence-corrected chi connectivity index (χ0v) is 12.3. The van der Waals surface area contributed by atoms with Gasteiger partial charge in [-0.25, -0.2) is 9.07 Å². The maximum Gasteiger partial charge on any atom is 0.133 e. The summed E-state index contributed by atoms with van der Waals surface area (Å²) in [6.45, 7) is 0.781. The molecule has 0 bridgehead atoms. The molecular formula is C18H13FN4. The first kappa shape index (κ1) is 13.5. The predicted molar refractivity (Wildman–Crippen MR) is 85.9 cm³/mol. The van der Waals surface area contributed by atoms with Crippen LogP contribution in [0.15, 0.2) is 48.5 Å². The summed E-state index contributed by atoms with van der Waals surface area (Å²) < 4.78 is 15.9. The molecule has 0 radical (unpaired) electrons. The first-order valence-corrected chi connectivity index (χ1v) is 7.40. The molecule has 0 aliphatic carbocycles. The molecule has 0 saturated carbocycles. The van der Waals surface area contributed by atoms with E-state index in [4.69, 9.17) is 0 Å². The summed E-state index contributed by atoms with van der Waals surface area (Å²) in [4.78, 5) is 0. The maximum atomic E-state index is 14.2. The van der Waals surface area contributed by atoms with Crippen molar-refractivity contribution in [3.63, 3.8) is 0 Å². The van der Waals surface area contributed by atoms with Crippen molar-refractivity contribution in [2.75, 3.05) is 11.9 Å². The second-order valence-electron chi connectivity index (χ2n) is 5.37. The Labute approximate surface area is 132 Å². The molecule has 1 aromatic heterocycles. The minimum absolute atomic E-state index is 0.291. The highest BCUT2D eigenvalue weighted by atomic mass is 19.1. The molecule has 0 spiro atoms. The maximum absolute atomic E-state index is 14.2. The van der Waals surface area contributed by atoms with Crippen molar-refractivity contribution in [3.05, 3.63) is 65.5 Å². The van der Waals surface area contributed by atoms with Gasteiger partial charge in [0.1, 0.15) is 23.4 Å². The van der Waals surface area contributed by atoms with Gasteiger partial charge in [0.05, 0.1) is 11.3 Å². The summed E-state index contributed by atoms with van der Waals surface area (Å²) in [5.74, 6) is 0.548. The Morgan fingerprint density at radius 2 is 1.91 bits per heavy atom. The SMILES string of the molecule is N#Cc1ccccc1-n1nc(-c2ccccc2F)c2c1NCC2. The number of hydrogen-bond acceptors (Lipinski definition) is 3. The molecule has 0 atom stereocenters. The van der Waals surface area contributed by atoms with Crippen LogP contribution in [0.25, 0.3) is 16.9 Å². The first-order chi connectivity index (χ1) is 11.3. The third-order valence-corrected chi connectivity index (χ3v) is 4.03. The van der Waals surface area contributed by atoms with Gasteiger partial charge in [-0.3, -0.25) is 0 Å². The van der Waals surface area contributed by atoms with Gasteiger partial charge in [0, 0.05) is 17.7 Å². The van der Waals surface area contributed by atoms with Gasteiger partial charge in [-0.2, -0.15) is 10.4 Å². The van der Waals surface area contributed by atoms with Gasteiger partial charge in [-0.05, 0) is 30.7 Å². The number of nitriles is 1. The molecule has 2 heterocycles. The molecule has 4 rings (SSSR count). The summed E-state index contributed by atoms with van der Waals surface area (Å²) in [5, 5.41) is 17.2. The Bertz CT molecular complexity index is 936. The Morgan fingerprint density at radius 3 is 2.74 bits per heavy atom. The second-order valence-corrected chi connectivity index (χ2v) is 5.37. The second kappa shape index (κ2) is 5.25. The minimum atomic E-state index is -0.291. The lowest BCUT2D eigenvalue weighted by molar-refractivity contribution is 0.630. The molecule has 5 heteroatoms. The van der Waals surface area contributed by atoms with E-state index in [9.17, 15) is 9.65 Å². The molecule has 0 unspecified atom stereocenters. The molecule has 3 aromatic rings. The fourth-order valence-corrected chi connectivity index (χ4v) is 2.97. The molecule has 4 nitrogen and oxygen atoms in total. The Hall–Kier alpha value is -3.13. The lowest BCUT2D eigenvalue weighted by atomic mass is 10.1. The lowest BCUT2D eigenvalue weighted by Gasteiger charge is -2.07. The molecule has 0 amide bonds. The topological polar surface area (TPSA) is 53.6 Å². The van der Waals surface area contributed by atoms with Gasteiger partial charge in [-0.1, -0.05) is 24.3 Å². The van der Waals surface area contributed by atoms with Gasteiger partial charge >= 0.3 is 0 Å². The highest BCUT2D eigenvalue weighted by Gasteiger charge is 2.25. The first-order valence-electron chi connectivity index (χ1n) is 7.40. The lowest BCUT2D eigenvalue weighted by Crippen LogP contribution is -2.06. The molecule has 1 N–H and O–H groups in total. The fourth-order valence-electron chi connectivity index (χ4n) is 2.97. The third-order valence-electron chi connectivity index (χ3n) is 4.03. The number of fused-ring (bicyclic) bond motifs is 1. The van der Waals surface area contributed by atoms with Crippen LogP contribution in [0.3, 0.4) is 0 Å². The quantitative estimate of drug-likeness (QED) is 0.788. The largest absolute Gasteiger partial charge is 0.369 e.